The number of nitrogens with zero attached hydrogens (tertiary/aromatic N) is 2. The van der Waals surface area contributed by atoms with Gasteiger partial charge in [0.05, 0.1) is 22.5 Å². The number of hydrogen-bond acceptors (Lipinski definition) is 4. The van der Waals surface area contributed by atoms with Crippen LogP contribution in [0.4, 0.5) is 0 Å². The van der Waals surface area contributed by atoms with Crippen molar-refractivity contribution in [2.75, 3.05) is 6.61 Å². The third-order valence-electron chi connectivity index (χ3n) is 5.10. The first-order valence-electron chi connectivity index (χ1n) is 8.39. The molecule has 1 aromatic rings. The second kappa shape index (κ2) is 5.66. The zero-order valence-electron chi connectivity index (χ0n) is 14.4. The molecule has 1 atom stereocenters. The molecule has 0 radical (unpaired) electrons. The summed E-state index contributed by atoms with van der Waals surface area (Å²) < 4.78 is 20.3. The summed E-state index contributed by atoms with van der Waals surface area (Å²) in [6.07, 6.45) is 4.20. The molecule has 0 spiro atoms. The van der Waals surface area contributed by atoms with E-state index in [1.54, 1.807) is 0 Å². The number of rotatable bonds is 3. The van der Waals surface area contributed by atoms with Crippen LogP contribution < -0.4 is 5.59 Å². The summed E-state index contributed by atoms with van der Waals surface area (Å²) in [5.74, 6) is 0. The van der Waals surface area contributed by atoms with E-state index >= 15 is 0 Å². The summed E-state index contributed by atoms with van der Waals surface area (Å²) in [6.45, 7) is 11.2. The lowest BCUT2D eigenvalue weighted by atomic mass is 9.84. The van der Waals surface area contributed by atoms with Crippen molar-refractivity contribution >= 4 is 12.7 Å². The summed E-state index contributed by atoms with van der Waals surface area (Å²) in [5.41, 5.74) is 1.35. The molecule has 2 fully saturated rings. The van der Waals surface area contributed by atoms with Gasteiger partial charge in [-0.05, 0) is 59.4 Å². The molecule has 2 saturated heterocycles. The molecule has 1 unspecified atom stereocenters. The highest BCUT2D eigenvalue weighted by Gasteiger charge is 2.53. The van der Waals surface area contributed by atoms with E-state index in [1.165, 1.54) is 6.42 Å². The van der Waals surface area contributed by atoms with Gasteiger partial charge < -0.3 is 14.0 Å². The molecule has 0 aliphatic carbocycles. The zero-order valence-corrected chi connectivity index (χ0v) is 14.4. The van der Waals surface area contributed by atoms with Crippen LogP contribution in [0, 0.1) is 0 Å². The minimum absolute atomic E-state index is 0.00285. The molecule has 0 bridgehead atoms. The van der Waals surface area contributed by atoms with Gasteiger partial charge in [-0.3, -0.25) is 0 Å². The van der Waals surface area contributed by atoms with Crippen LogP contribution in [-0.4, -0.2) is 34.7 Å². The average molecular weight is 306 g/mol. The Balaban J connectivity index is 1.91. The first kappa shape index (κ1) is 16.0. The van der Waals surface area contributed by atoms with E-state index in [0.29, 0.717) is 0 Å². The van der Waals surface area contributed by atoms with Crippen LogP contribution in [0.3, 0.4) is 0 Å². The Kier molecular flexibility index (Phi) is 4.12. The normalized spacial score (nSPS) is 27.3. The van der Waals surface area contributed by atoms with Gasteiger partial charge in [0.2, 0.25) is 0 Å². The van der Waals surface area contributed by atoms with Gasteiger partial charge in [0.15, 0.2) is 0 Å². The second-order valence-electron chi connectivity index (χ2n) is 7.27. The molecule has 0 saturated carbocycles. The Hall–Kier alpha value is -0.845. The monoisotopic (exact) mass is 306 g/mol. The van der Waals surface area contributed by atoms with Crippen LogP contribution in [0.5, 0.6) is 0 Å². The van der Waals surface area contributed by atoms with E-state index in [9.17, 15) is 0 Å². The Morgan fingerprint density at radius 2 is 1.91 bits per heavy atom. The van der Waals surface area contributed by atoms with Gasteiger partial charge in [-0.1, -0.05) is 6.92 Å². The average Bonchev–Trinajstić information content (AvgIpc) is 2.99. The van der Waals surface area contributed by atoms with Crippen molar-refractivity contribution in [2.24, 2.45) is 0 Å². The van der Waals surface area contributed by atoms with Gasteiger partial charge in [-0.2, -0.15) is 5.10 Å². The van der Waals surface area contributed by atoms with Crippen LogP contribution in [0.1, 0.15) is 65.8 Å². The molecule has 22 heavy (non-hydrogen) atoms. The van der Waals surface area contributed by atoms with Crippen molar-refractivity contribution in [2.45, 2.75) is 77.7 Å². The Morgan fingerprint density at radius 3 is 2.45 bits per heavy atom. The van der Waals surface area contributed by atoms with Crippen molar-refractivity contribution in [1.29, 1.82) is 0 Å². The Bertz CT molecular complexity index is 519. The van der Waals surface area contributed by atoms with E-state index < -0.39 is 0 Å². The van der Waals surface area contributed by atoms with Crippen molar-refractivity contribution in [1.82, 2.24) is 9.78 Å². The smallest absolute Gasteiger partial charge is 0.398 e. The van der Waals surface area contributed by atoms with Crippen LogP contribution in [0.25, 0.3) is 0 Å². The maximum Gasteiger partial charge on any atom is 0.514 e. The fourth-order valence-corrected chi connectivity index (χ4v) is 2.92. The minimum Gasteiger partial charge on any atom is -0.398 e. The molecular formula is C16H27BN2O3. The standard InChI is InChI=1S/C16H27BN2O3/c1-6-12-11-13(17-21-15(2,3)16(4,5)22-17)19(18-12)14-9-7-8-10-20-14/h11,14H,6-10H2,1-5H3. The van der Waals surface area contributed by atoms with E-state index in [1.807, 2.05) is 4.68 Å². The van der Waals surface area contributed by atoms with Crippen molar-refractivity contribution < 1.29 is 14.0 Å². The van der Waals surface area contributed by atoms with E-state index in [-0.39, 0.29) is 24.5 Å². The molecule has 122 valence electrons. The number of aromatic nitrogens is 2. The molecule has 0 amide bonds. The molecule has 3 heterocycles. The van der Waals surface area contributed by atoms with E-state index in [2.05, 4.69) is 40.7 Å². The zero-order chi connectivity index (χ0) is 16.0. The predicted octanol–water partition coefficient (Wildman–Crippen LogP) is 2.44. The van der Waals surface area contributed by atoms with Gasteiger partial charge in [0, 0.05) is 6.61 Å². The maximum absolute atomic E-state index is 6.20. The van der Waals surface area contributed by atoms with Crippen LogP contribution >= 0.6 is 0 Å². The first-order valence-corrected chi connectivity index (χ1v) is 8.39. The quantitative estimate of drug-likeness (QED) is 0.805. The van der Waals surface area contributed by atoms with Gasteiger partial charge >= 0.3 is 7.12 Å². The lowest BCUT2D eigenvalue weighted by Gasteiger charge is -2.32. The number of aryl methyl sites for hydroxylation is 1. The van der Waals surface area contributed by atoms with Crippen LogP contribution in [0.15, 0.2) is 6.07 Å². The largest absolute Gasteiger partial charge is 0.514 e. The molecule has 2 aliphatic rings. The first-order chi connectivity index (χ1) is 10.3. The highest BCUT2D eigenvalue weighted by Crippen LogP contribution is 2.36. The molecule has 2 aliphatic heterocycles. The topological polar surface area (TPSA) is 45.5 Å². The molecule has 3 rings (SSSR count). The Morgan fingerprint density at radius 1 is 1.23 bits per heavy atom. The molecule has 0 N–H and O–H groups in total. The van der Waals surface area contributed by atoms with Gasteiger partial charge in [0.25, 0.3) is 0 Å². The summed E-state index contributed by atoms with van der Waals surface area (Å²) in [6, 6.07) is 2.10. The summed E-state index contributed by atoms with van der Waals surface area (Å²) >= 11 is 0. The lowest BCUT2D eigenvalue weighted by molar-refractivity contribution is -0.0381. The summed E-state index contributed by atoms with van der Waals surface area (Å²) in [7, 11) is -0.386. The van der Waals surface area contributed by atoms with Crippen molar-refractivity contribution in [3.8, 4) is 0 Å². The molecule has 1 aromatic heterocycles. The third-order valence-corrected chi connectivity index (χ3v) is 5.10. The number of ether oxygens (including phenoxy) is 1. The predicted molar refractivity (Wildman–Crippen MR) is 86.2 cm³/mol. The SMILES string of the molecule is CCc1cc(B2OC(C)(C)C(C)(C)O2)n(C2CCCCO2)n1. The van der Waals surface area contributed by atoms with E-state index in [4.69, 9.17) is 19.1 Å². The van der Waals surface area contributed by atoms with Crippen LogP contribution in [0.2, 0.25) is 0 Å². The van der Waals surface area contributed by atoms with Crippen molar-refractivity contribution in [3.63, 3.8) is 0 Å². The van der Waals surface area contributed by atoms with Gasteiger partial charge in [-0.15, -0.1) is 0 Å². The molecule has 5 nitrogen and oxygen atoms in total. The number of hydrogen-bond donors (Lipinski definition) is 0. The summed E-state index contributed by atoms with van der Waals surface area (Å²) in [5, 5.41) is 4.72. The lowest BCUT2D eigenvalue weighted by Crippen LogP contribution is -2.42. The van der Waals surface area contributed by atoms with Crippen LogP contribution in [-0.2, 0) is 20.5 Å². The fourth-order valence-electron chi connectivity index (χ4n) is 2.92. The highest BCUT2D eigenvalue weighted by atomic mass is 16.7. The van der Waals surface area contributed by atoms with E-state index in [0.717, 1.165) is 37.2 Å². The second-order valence-corrected chi connectivity index (χ2v) is 7.27. The molecular weight excluding hydrogens is 279 g/mol. The van der Waals surface area contributed by atoms with Gasteiger partial charge in [-0.25, -0.2) is 4.68 Å². The van der Waals surface area contributed by atoms with Crippen molar-refractivity contribution in [3.05, 3.63) is 11.8 Å². The maximum atomic E-state index is 6.20. The Labute approximate surface area is 133 Å². The van der Waals surface area contributed by atoms with Gasteiger partial charge in [0.1, 0.15) is 6.23 Å². The highest BCUT2D eigenvalue weighted by molar-refractivity contribution is 6.61. The minimum atomic E-state index is -0.386. The summed E-state index contributed by atoms with van der Waals surface area (Å²) in [4.78, 5) is 0. The fraction of sp³-hybridized carbons (Fsp3) is 0.812. The third kappa shape index (κ3) is 2.72. The molecule has 6 heteroatoms. The molecule has 0 aromatic carbocycles.